The summed E-state index contributed by atoms with van der Waals surface area (Å²) in [6.07, 6.45) is 5.59. The van der Waals surface area contributed by atoms with Crippen LogP contribution in [0.2, 0.25) is 0 Å². The van der Waals surface area contributed by atoms with Crippen LogP contribution in [0.25, 0.3) is 0 Å². The van der Waals surface area contributed by atoms with Crippen LogP contribution in [-0.4, -0.2) is 50.3 Å². The Bertz CT molecular complexity index is 252. The van der Waals surface area contributed by atoms with Gasteiger partial charge >= 0.3 is 5.97 Å². The zero-order valence-corrected chi connectivity index (χ0v) is 12.7. The minimum Gasteiger partial charge on any atom is -0.469 e. The van der Waals surface area contributed by atoms with E-state index in [1.54, 1.807) is 0 Å². The second kappa shape index (κ2) is 9.32. The summed E-state index contributed by atoms with van der Waals surface area (Å²) in [6.45, 7) is 8.16. The van der Waals surface area contributed by atoms with Crippen molar-refractivity contribution < 1.29 is 14.3 Å². The second-order valence-electron chi connectivity index (χ2n) is 5.61. The van der Waals surface area contributed by atoms with Crippen molar-refractivity contribution in [1.29, 1.82) is 0 Å². The molecule has 1 fully saturated rings. The number of carbonyl (C=O) groups is 1. The molecule has 1 saturated heterocycles. The predicted octanol–water partition coefficient (Wildman–Crippen LogP) is 2.47. The summed E-state index contributed by atoms with van der Waals surface area (Å²) in [5.74, 6) is 0.546. The number of methoxy groups -OCH3 is 1. The Hall–Kier alpha value is -0.610. The van der Waals surface area contributed by atoms with E-state index < -0.39 is 0 Å². The van der Waals surface area contributed by atoms with E-state index in [1.807, 2.05) is 0 Å². The molecule has 0 radical (unpaired) electrons. The molecule has 0 aromatic heterocycles. The van der Waals surface area contributed by atoms with Crippen molar-refractivity contribution in [3.05, 3.63) is 0 Å². The molecule has 2 atom stereocenters. The Balaban J connectivity index is 2.38. The molecule has 0 bridgehead atoms. The van der Waals surface area contributed by atoms with Crippen molar-refractivity contribution in [3.63, 3.8) is 0 Å². The molecule has 1 heterocycles. The van der Waals surface area contributed by atoms with Gasteiger partial charge in [0.2, 0.25) is 0 Å². The van der Waals surface area contributed by atoms with Gasteiger partial charge in [-0.25, -0.2) is 0 Å². The van der Waals surface area contributed by atoms with E-state index in [1.165, 1.54) is 26.4 Å². The molecule has 1 aliphatic rings. The molecular weight excluding hydrogens is 242 g/mol. The first kappa shape index (κ1) is 16.4. The number of nitrogens with zero attached hydrogens (tertiary/aromatic N) is 1. The molecular formula is C15H29NO3. The number of ether oxygens (including phenoxy) is 2. The minimum absolute atomic E-state index is 0.125. The van der Waals surface area contributed by atoms with Crippen molar-refractivity contribution in [2.24, 2.45) is 5.92 Å². The van der Waals surface area contributed by atoms with E-state index in [0.717, 1.165) is 32.7 Å². The summed E-state index contributed by atoms with van der Waals surface area (Å²) in [5, 5.41) is 0. The third-order valence-corrected chi connectivity index (χ3v) is 3.70. The third-order valence-electron chi connectivity index (χ3n) is 3.70. The van der Waals surface area contributed by atoms with Crippen molar-refractivity contribution in [1.82, 2.24) is 4.90 Å². The molecule has 0 aromatic rings. The summed E-state index contributed by atoms with van der Waals surface area (Å²) in [5.41, 5.74) is 0. The average Bonchev–Trinajstić information content (AvgIpc) is 2.88. The van der Waals surface area contributed by atoms with Gasteiger partial charge in [-0.15, -0.1) is 0 Å². The van der Waals surface area contributed by atoms with Gasteiger partial charge in [0.1, 0.15) is 0 Å². The first-order valence-electron chi connectivity index (χ1n) is 7.56. The zero-order chi connectivity index (χ0) is 14.1. The molecule has 2 unspecified atom stereocenters. The average molecular weight is 271 g/mol. The van der Waals surface area contributed by atoms with Gasteiger partial charge in [0.05, 0.1) is 19.6 Å². The molecule has 0 aromatic carbocycles. The molecule has 0 saturated carbocycles. The summed E-state index contributed by atoms with van der Waals surface area (Å²) in [6, 6.07) is 0. The van der Waals surface area contributed by atoms with E-state index in [4.69, 9.17) is 9.47 Å². The van der Waals surface area contributed by atoms with Crippen LogP contribution in [0.15, 0.2) is 0 Å². The highest BCUT2D eigenvalue weighted by Crippen LogP contribution is 2.15. The predicted molar refractivity (Wildman–Crippen MR) is 76.1 cm³/mol. The highest BCUT2D eigenvalue weighted by atomic mass is 16.5. The molecule has 1 aliphatic heterocycles. The highest BCUT2D eigenvalue weighted by molar-refractivity contribution is 5.69. The van der Waals surface area contributed by atoms with Crippen LogP contribution in [-0.2, 0) is 14.3 Å². The van der Waals surface area contributed by atoms with Gasteiger partial charge in [-0.3, -0.25) is 9.69 Å². The molecule has 0 spiro atoms. The van der Waals surface area contributed by atoms with Gasteiger partial charge in [0.15, 0.2) is 0 Å². The van der Waals surface area contributed by atoms with Gasteiger partial charge in [-0.1, -0.05) is 20.3 Å². The molecule has 1 rings (SSSR count). The Morgan fingerprint density at radius 3 is 2.89 bits per heavy atom. The SMILES string of the molecule is CCCC(C)CN(CCC(=O)OC)CC1CCCO1. The van der Waals surface area contributed by atoms with Crippen molar-refractivity contribution >= 4 is 5.97 Å². The quantitative estimate of drug-likeness (QED) is 0.604. The third kappa shape index (κ3) is 6.92. The fourth-order valence-electron chi connectivity index (χ4n) is 2.71. The summed E-state index contributed by atoms with van der Waals surface area (Å²) >= 11 is 0. The number of esters is 1. The Morgan fingerprint density at radius 2 is 2.32 bits per heavy atom. The van der Waals surface area contributed by atoms with Crippen LogP contribution in [0.1, 0.15) is 46.0 Å². The normalized spacial score (nSPS) is 20.7. The van der Waals surface area contributed by atoms with E-state index in [2.05, 4.69) is 18.7 Å². The molecule has 4 nitrogen and oxygen atoms in total. The van der Waals surface area contributed by atoms with Crippen LogP contribution in [0.3, 0.4) is 0 Å². The minimum atomic E-state index is -0.125. The van der Waals surface area contributed by atoms with Gasteiger partial charge in [0.25, 0.3) is 0 Å². The zero-order valence-electron chi connectivity index (χ0n) is 12.7. The van der Waals surface area contributed by atoms with E-state index in [-0.39, 0.29) is 5.97 Å². The van der Waals surface area contributed by atoms with Crippen LogP contribution in [0.5, 0.6) is 0 Å². The lowest BCUT2D eigenvalue weighted by Crippen LogP contribution is -2.37. The standard InChI is InChI=1S/C15H29NO3/c1-4-6-13(2)11-16(9-8-15(17)18-3)12-14-7-5-10-19-14/h13-14H,4-12H2,1-3H3. The second-order valence-corrected chi connectivity index (χ2v) is 5.61. The van der Waals surface area contributed by atoms with Crippen molar-refractivity contribution in [3.8, 4) is 0 Å². The lowest BCUT2D eigenvalue weighted by atomic mass is 10.1. The van der Waals surface area contributed by atoms with Crippen molar-refractivity contribution in [2.45, 2.75) is 52.1 Å². The van der Waals surface area contributed by atoms with Crippen LogP contribution >= 0.6 is 0 Å². The highest BCUT2D eigenvalue weighted by Gasteiger charge is 2.20. The molecule has 0 amide bonds. The fraction of sp³-hybridized carbons (Fsp3) is 0.933. The maximum Gasteiger partial charge on any atom is 0.306 e. The Labute approximate surface area is 117 Å². The number of hydrogen-bond donors (Lipinski definition) is 0. The lowest BCUT2D eigenvalue weighted by Gasteiger charge is -2.27. The smallest absolute Gasteiger partial charge is 0.306 e. The molecule has 112 valence electrons. The number of rotatable bonds is 9. The number of carbonyl (C=O) groups excluding carboxylic acids is 1. The summed E-state index contributed by atoms with van der Waals surface area (Å²) < 4.78 is 10.4. The van der Waals surface area contributed by atoms with Gasteiger partial charge in [-0.2, -0.15) is 0 Å². The Morgan fingerprint density at radius 1 is 1.53 bits per heavy atom. The first-order valence-corrected chi connectivity index (χ1v) is 7.56. The van der Waals surface area contributed by atoms with Gasteiger partial charge in [-0.05, 0) is 25.2 Å². The number of hydrogen-bond acceptors (Lipinski definition) is 4. The topological polar surface area (TPSA) is 38.8 Å². The largest absolute Gasteiger partial charge is 0.469 e. The molecule has 0 aliphatic carbocycles. The maximum absolute atomic E-state index is 11.3. The maximum atomic E-state index is 11.3. The lowest BCUT2D eigenvalue weighted by molar-refractivity contribution is -0.141. The van der Waals surface area contributed by atoms with Crippen molar-refractivity contribution in [2.75, 3.05) is 33.4 Å². The van der Waals surface area contributed by atoms with Gasteiger partial charge in [0, 0.05) is 26.2 Å². The summed E-state index contributed by atoms with van der Waals surface area (Å²) in [7, 11) is 1.45. The van der Waals surface area contributed by atoms with E-state index >= 15 is 0 Å². The van der Waals surface area contributed by atoms with Crippen LogP contribution < -0.4 is 0 Å². The molecule has 4 heteroatoms. The first-order chi connectivity index (χ1) is 9.15. The molecule has 19 heavy (non-hydrogen) atoms. The monoisotopic (exact) mass is 271 g/mol. The summed E-state index contributed by atoms with van der Waals surface area (Å²) in [4.78, 5) is 13.7. The molecule has 0 N–H and O–H groups in total. The van der Waals surface area contributed by atoms with Crippen LogP contribution in [0, 0.1) is 5.92 Å². The Kier molecular flexibility index (Phi) is 8.07. The van der Waals surface area contributed by atoms with Gasteiger partial charge < -0.3 is 9.47 Å². The fourth-order valence-corrected chi connectivity index (χ4v) is 2.71. The van der Waals surface area contributed by atoms with E-state index in [0.29, 0.717) is 18.4 Å². The van der Waals surface area contributed by atoms with E-state index in [9.17, 15) is 4.79 Å². The van der Waals surface area contributed by atoms with Crippen LogP contribution in [0.4, 0.5) is 0 Å².